The number of aliphatic hydroxyl groups excluding tert-OH is 1. The number of para-hydroxylation sites is 1. The summed E-state index contributed by atoms with van der Waals surface area (Å²) >= 11 is 0. The first-order valence-corrected chi connectivity index (χ1v) is 7.44. The smallest absolute Gasteiger partial charge is 0.138 e. The van der Waals surface area contributed by atoms with E-state index < -0.39 is 6.10 Å². The maximum atomic E-state index is 10.7. The number of methoxy groups -OCH3 is 1. The topological polar surface area (TPSA) is 58.1 Å². The number of aliphatic hydroxyl groups is 1. The van der Waals surface area contributed by atoms with Crippen molar-refractivity contribution in [2.75, 3.05) is 7.11 Å². The number of aromatic amines is 1. The van der Waals surface area contributed by atoms with Crippen LogP contribution >= 0.6 is 0 Å². The van der Waals surface area contributed by atoms with Gasteiger partial charge in [0.2, 0.25) is 0 Å². The Morgan fingerprint density at radius 2 is 1.87 bits per heavy atom. The molecule has 114 valence electrons. The molecule has 4 nitrogen and oxygen atoms in total. The van der Waals surface area contributed by atoms with Gasteiger partial charge in [-0.25, -0.2) is 4.98 Å². The molecule has 4 heteroatoms. The number of hydrogen-bond acceptors (Lipinski definition) is 3. The summed E-state index contributed by atoms with van der Waals surface area (Å²) in [6.45, 7) is 0. The largest absolute Gasteiger partial charge is 0.497 e. The molecule has 0 radical (unpaired) electrons. The standard InChI is InChI=1S/C19H16N2O2/c1-23-14-6-4-5-12(9-14)18(22)13-10-16-15-7-2-3-8-17(15)21-19(16)20-11-13/h2-11,18,22H,1H3,(H,20,21). The van der Waals surface area contributed by atoms with E-state index in [1.807, 2.05) is 48.5 Å². The van der Waals surface area contributed by atoms with Crippen molar-refractivity contribution < 1.29 is 9.84 Å². The number of rotatable bonds is 3. The molecule has 0 aliphatic heterocycles. The Labute approximate surface area is 133 Å². The normalized spacial score (nSPS) is 12.6. The van der Waals surface area contributed by atoms with Gasteiger partial charge in [0.25, 0.3) is 0 Å². The zero-order valence-electron chi connectivity index (χ0n) is 12.7. The quantitative estimate of drug-likeness (QED) is 0.605. The maximum Gasteiger partial charge on any atom is 0.138 e. The Hall–Kier alpha value is -2.85. The first-order chi connectivity index (χ1) is 11.3. The third-order valence-electron chi connectivity index (χ3n) is 4.10. The van der Waals surface area contributed by atoms with Gasteiger partial charge in [-0.2, -0.15) is 0 Å². The lowest BCUT2D eigenvalue weighted by molar-refractivity contribution is 0.219. The number of hydrogen-bond donors (Lipinski definition) is 2. The molecule has 0 amide bonds. The van der Waals surface area contributed by atoms with Crippen LogP contribution in [0, 0.1) is 0 Å². The molecule has 2 aromatic carbocycles. The number of aromatic nitrogens is 2. The van der Waals surface area contributed by atoms with Crippen LogP contribution in [-0.4, -0.2) is 22.2 Å². The van der Waals surface area contributed by atoms with Crippen molar-refractivity contribution in [1.82, 2.24) is 9.97 Å². The van der Waals surface area contributed by atoms with E-state index in [0.717, 1.165) is 38.8 Å². The summed E-state index contributed by atoms with van der Waals surface area (Å²) in [5, 5.41) is 12.8. The van der Waals surface area contributed by atoms with Crippen molar-refractivity contribution in [1.29, 1.82) is 0 Å². The molecule has 0 fully saturated rings. The summed E-state index contributed by atoms with van der Waals surface area (Å²) in [4.78, 5) is 7.75. The first kappa shape index (κ1) is 13.8. The van der Waals surface area contributed by atoms with Gasteiger partial charge in [0.1, 0.15) is 17.5 Å². The number of benzene rings is 2. The molecule has 4 aromatic rings. The Balaban J connectivity index is 1.82. The second-order valence-corrected chi connectivity index (χ2v) is 5.51. The molecule has 2 heterocycles. The highest BCUT2D eigenvalue weighted by molar-refractivity contribution is 6.05. The number of H-pyrrole nitrogens is 1. The van der Waals surface area contributed by atoms with E-state index in [1.54, 1.807) is 13.3 Å². The summed E-state index contributed by atoms with van der Waals surface area (Å²) < 4.78 is 5.22. The minimum atomic E-state index is -0.740. The fourth-order valence-corrected chi connectivity index (χ4v) is 2.89. The molecule has 0 bridgehead atoms. The third-order valence-corrected chi connectivity index (χ3v) is 4.10. The highest BCUT2D eigenvalue weighted by atomic mass is 16.5. The molecule has 0 aliphatic rings. The van der Waals surface area contributed by atoms with Crippen LogP contribution in [0.2, 0.25) is 0 Å². The van der Waals surface area contributed by atoms with Crippen molar-refractivity contribution in [2.24, 2.45) is 0 Å². The molecular formula is C19H16N2O2. The van der Waals surface area contributed by atoms with Crippen LogP contribution in [0.3, 0.4) is 0 Å². The maximum absolute atomic E-state index is 10.7. The average Bonchev–Trinajstić information content (AvgIpc) is 2.99. The molecule has 0 saturated carbocycles. The summed E-state index contributed by atoms with van der Waals surface area (Å²) in [5.41, 5.74) is 3.41. The second-order valence-electron chi connectivity index (χ2n) is 5.51. The number of fused-ring (bicyclic) bond motifs is 3. The monoisotopic (exact) mass is 304 g/mol. The van der Waals surface area contributed by atoms with Gasteiger partial charge in [-0.15, -0.1) is 0 Å². The Kier molecular flexibility index (Phi) is 3.24. The van der Waals surface area contributed by atoms with E-state index in [-0.39, 0.29) is 0 Å². The molecule has 23 heavy (non-hydrogen) atoms. The van der Waals surface area contributed by atoms with Crippen molar-refractivity contribution in [2.45, 2.75) is 6.10 Å². The van der Waals surface area contributed by atoms with Crippen LogP contribution in [0.15, 0.2) is 60.8 Å². The first-order valence-electron chi connectivity index (χ1n) is 7.44. The highest BCUT2D eigenvalue weighted by Gasteiger charge is 2.14. The Bertz CT molecular complexity index is 991. The molecule has 0 spiro atoms. The van der Waals surface area contributed by atoms with E-state index in [1.165, 1.54) is 0 Å². The van der Waals surface area contributed by atoms with Crippen LogP contribution < -0.4 is 4.74 Å². The van der Waals surface area contributed by atoms with Crippen LogP contribution in [-0.2, 0) is 0 Å². The lowest BCUT2D eigenvalue weighted by Crippen LogP contribution is -2.00. The van der Waals surface area contributed by atoms with Crippen LogP contribution in [0.4, 0.5) is 0 Å². The molecule has 0 saturated heterocycles. The van der Waals surface area contributed by atoms with Gasteiger partial charge in [-0.1, -0.05) is 30.3 Å². The Morgan fingerprint density at radius 3 is 2.74 bits per heavy atom. The van der Waals surface area contributed by atoms with Gasteiger partial charge in [-0.05, 0) is 29.8 Å². The van der Waals surface area contributed by atoms with E-state index in [2.05, 4.69) is 16.0 Å². The fraction of sp³-hybridized carbons (Fsp3) is 0.105. The fourth-order valence-electron chi connectivity index (χ4n) is 2.89. The predicted octanol–water partition coefficient (Wildman–Crippen LogP) is 3.81. The van der Waals surface area contributed by atoms with Crippen LogP contribution in [0.25, 0.3) is 21.9 Å². The second kappa shape index (κ2) is 5.41. The van der Waals surface area contributed by atoms with Crippen LogP contribution in [0.5, 0.6) is 5.75 Å². The summed E-state index contributed by atoms with van der Waals surface area (Å²) in [5.74, 6) is 0.725. The van der Waals surface area contributed by atoms with Gasteiger partial charge >= 0.3 is 0 Å². The van der Waals surface area contributed by atoms with Crippen molar-refractivity contribution in [3.63, 3.8) is 0 Å². The van der Waals surface area contributed by atoms with Gasteiger partial charge < -0.3 is 14.8 Å². The summed E-state index contributed by atoms with van der Waals surface area (Å²) in [6.07, 6.45) is 0.970. The van der Waals surface area contributed by atoms with Crippen molar-refractivity contribution >= 4 is 21.9 Å². The average molecular weight is 304 g/mol. The lowest BCUT2D eigenvalue weighted by atomic mass is 10.0. The van der Waals surface area contributed by atoms with E-state index >= 15 is 0 Å². The van der Waals surface area contributed by atoms with Gasteiger partial charge in [0.05, 0.1) is 7.11 Å². The SMILES string of the molecule is COc1cccc(C(O)c2cnc3[nH]c4ccccc4c3c2)c1. The zero-order valence-corrected chi connectivity index (χ0v) is 12.7. The molecule has 2 aromatic heterocycles. The molecule has 2 N–H and O–H groups in total. The third kappa shape index (κ3) is 2.33. The highest BCUT2D eigenvalue weighted by Crippen LogP contribution is 2.29. The van der Waals surface area contributed by atoms with Crippen molar-refractivity contribution in [3.8, 4) is 5.75 Å². The summed E-state index contributed by atoms with van der Waals surface area (Å²) in [6, 6.07) is 17.5. The van der Waals surface area contributed by atoms with E-state index in [4.69, 9.17) is 4.74 Å². The molecular weight excluding hydrogens is 288 g/mol. The lowest BCUT2D eigenvalue weighted by Gasteiger charge is -2.12. The molecule has 1 atom stereocenters. The predicted molar refractivity (Wildman–Crippen MR) is 90.7 cm³/mol. The minimum absolute atomic E-state index is 0.725. The minimum Gasteiger partial charge on any atom is -0.497 e. The zero-order chi connectivity index (χ0) is 15.8. The van der Waals surface area contributed by atoms with Crippen LogP contribution in [0.1, 0.15) is 17.2 Å². The molecule has 1 unspecified atom stereocenters. The number of nitrogens with zero attached hydrogens (tertiary/aromatic N) is 1. The van der Waals surface area contributed by atoms with Crippen molar-refractivity contribution in [3.05, 3.63) is 71.9 Å². The number of nitrogens with one attached hydrogen (secondary N) is 1. The van der Waals surface area contributed by atoms with Gasteiger partial charge in [0.15, 0.2) is 0 Å². The molecule has 0 aliphatic carbocycles. The van der Waals surface area contributed by atoms with E-state index in [0.29, 0.717) is 0 Å². The van der Waals surface area contributed by atoms with Gasteiger partial charge in [-0.3, -0.25) is 0 Å². The summed E-state index contributed by atoms with van der Waals surface area (Å²) in [7, 11) is 1.62. The van der Waals surface area contributed by atoms with Gasteiger partial charge in [0, 0.05) is 28.0 Å². The molecule has 4 rings (SSSR count). The Morgan fingerprint density at radius 1 is 1.00 bits per heavy atom. The van der Waals surface area contributed by atoms with E-state index in [9.17, 15) is 5.11 Å². The number of pyridine rings is 1. The number of ether oxygens (including phenoxy) is 1.